The molecule has 10 heteroatoms. The average Bonchev–Trinajstić information content (AvgIpc) is 3.40. The highest BCUT2D eigenvalue weighted by atomic mass is 32.1. The van der Waals surface area contributed by atoms with Gasteiger partial charge in [0.15, 0.2) is 5.78 Å². The molecule has 1 aliphatic heterocycles. The van der Waals surface area contributed by atoms with E-state index in [4.69, 9.17) is 15.2 Å². The summed E-state index contributed by atoms with van der Waals surface area (Å²) in [5.41, 5.74) is 7.00. The molecule has 3 N–H and O–H groups in total. The fourth-order valence-corrected chi connectivity index (χ4v) is 5.52. The van der Waals surface area contributed by atoms with Crippen molar-refractivity contribution in [1.82, 2.24) is 4.57 Å². The molecule has 0 unspecified atom stereocenters. The number of fused-ring (bicyclic) bond motifs is 1. The maximum atomic E-state index is 13.5. The largest absolute Gasteiger partial charge is 0.512 e. The minimum atomic E-state index is -1.15. The smallest absolute Gasteiger partial charge is 0.336 e. The van der Waals surface area contributed by atoms with Gasteiger partial charge in [-0.2, -0.15) is 5.26 Å². The number of esters is 2. The van der Waals surface area contributed by atoms with Crippen molar-refractivity contribution in [2.75, 3.05) is 18.9 Å². The number of aliphatic hydroxyl groups excluding tert-OH is 1. The van der Waals surface area contributed by atoms with Crippen LogP contribution in [0.3, 0.4) is 0 Å². The van der Waals surface area contributed by atoms with Crippen LogP contribution in [0.4, 0.5) is 5.82 Å². The van der Waals surface area contributed by atoms with Crippen LogP contribution in [0.1, 0.15) is 68.2 Å². The number of ketones is 1. The minimum Gasteiger partial charge on any atom is -0.512 e. The second kappa shape index (κ2) is 10.2. The molecule has 0 aliphatic carbocycles. The average molecular weight is 498 g/mol. The number of ether oxygens (including phenoxy) is 2. The van der Waals surface area contributed by atoms with E-state index in [0.717, 1.165) is 0 Å². The predicted octanol–water partition coefficient (Wildman–Crippen LogP) is 4.12. The number of allylic oxidation sites excluding steroid dienone is 3. The SMILES string of the molecule is CCOC(=O)C1=C(C)n2c(N)c(C#N)c(/C(C(C)=O)=C(\C)O)c2[C@@H](C(=O)OCC)[C@@H]1c1cccs1. The number of hydrogen-bond donors (Lipinski definition) is 2. The summed E-state index contributed by atoms with van der Waals surface area (Å²) in [4.78, 5) is 40.1. The summed E-state index contributed by atoms with van der Waals surface area (Å²) in [5, 5.41) is 22.2. The number of Topliss-reactive ketones (excluding diaryl/α,β-unsaturated/α-hetero) is 1. The number of carbonyl (C=O) groups excluding carboxylic acids is 3. The Labute approximate surface area is 207 Å². The second-order valence-electron chi connectivity index (χ2n) is 7.93. The van der Waals surface area contributed by atoms with Crippen molar-refractivity contribution in [3.05, 3.63) is 50.5 Å². The monoisotopic (exact) mass is 497 g/mol. The van der Waals surface area contributed by atoms with E-state index in [9.17, 15) is 24.8 Å². The molecule has 3 heterocycles. The van der Waals surface area contributed by atoms with Gasteiger partial charge in [0.1, 0.15) is 29.1 Å². The predicted molar refractivity (Wildman–Crippen MR) is 131 cm³/mol. The lowest BCUT2D eigenvalue weighted by Gasteiger charge is -2.34. The summed E-state index contributed by atoms with van der Waals surface area (Å²) in [6.07, 6.45) is 0. The standard InChI is InChI=1S/C25H27N3O6S/c1-6-33-24(31)17-12(3)28-22(19(15(11-26)23(28)27)18(13(4)29)14(5)30)21(25(32)34-7-2)20(17)16-9-8-10-35-16/h8-10,20-21,29H,6-7,27H2,1-5H3/b18-13+/t20-,21+/m1/s1. The normalized spacial score (nSPS) is 17.8. The zero-order valence-electron chi connectivity index (χ0n) is 20.2. The zero-order valence-corrected chi connectivity index (χ0v) is 21.0. The Morgan fingerprint density at radius 2 is 1.89 bits per heavy atom. The maximum absolute atomic E-state index is 13.5. The van der Waals surface area contributed by atoms with Crippen LogP contribution in [0.5, 0.6) is 0 Å². The Morgan fingerprint density at radius 3 is 2.37 bits per heavy atom. The summed E-state index contributed by atoms with van der Waals surface area (Å²) in [5.74, 6) is -4.16. The molecule has 2 aromatic heterocycles. The number of anilines is 1. The Kier molecular flexibility index (Phi) is 7.51. The number of nitrogens with zero attached hydrogens (tertiary/aromatic N) is 2. The number of rotatable bonds is 7. The molecule has 0 saturated carbocycles. The van der Waals surface area contributed by atoms with Gasteiger partial charge in [-0.05, 0) is 46.1 Å². The highest BCUT2D eigenvalue weighted by Gasteiger charge is 2.48. The topological polar surface area (TPSA) is 145 Å². The Balaban J connectivity index is 2.57. The van der Waals surface area contributed by atoms with Crippen LogP contribution in [0.15, 0.2) is 28.8 Å². The van der Waals surface area contributed by atoms with Crippen molar-refractivity contribution in [2.24, 2.45) is 0 Å². The summed E-state index contributed by atoms with van der Waals surface area (Å²) in [6.45, 7) is 7.72. The van der Waals surface area contributed by atoms with Crippen molar-refractivity contribution in [2.45, 2.75) is 46.5 Å². The van der Waals surface area contributed by atoms with Crippen molar-refractivity contribution in [1.29, 1.82) is 5.26 Å². The molecule has 35 heavy (non-hydrogen) atoms. The van der Waals surface area contributed by atoms with E-state index in [1.807, 2.05) is 11.4 Å². The number of aromatic nitrogens is 1. The first-order chi connectivity index (χ1) is 16.6. The molecular formula is C25H27N3O6S. The van der Waals surface area contributed by atoms with Gasteiger partial charge in [0.2, 0.25) is 0 Å². The fourth-order valence-electron chi connectivity index (χ4n) is 4.65. The van der Waals surface area contributed by atoms with Gasteiger partial charge < -0.3 is 24.9 Å². The second-order valence-corrected chi connectivity index (χ2v) is 8.91. The molecule has 0 radical (unpaired) electrons. The highest BCUT2D eigenvalue weighted by Crippen LogP contribution is 2.52. The molecule has 0 saturated heterocycles. The number of hydrogen-bond acceptors (Lipinski definition) is 9. The third kappa shape index (κ3) is 4.23. The third-order valence-corrected chi connectivity index (χ3v) is 6.82. The van der Waals surface area contributed by atoms with E-state index in [-0.39, 0.29) is 52.8 Å². The van der Waals surface area contributed by atoms with Crippen LogP contribution in [0.25, 0.3) is 11.3 Å². The minimum absolute atomic E-state index is 0.0550. The third-order valence-electron chi connectivity index (χ3n) is 5.87. The van der Waals surface area contributed by atoms with E-state index in [0.29, 0.717) is 10.6 Å². The van der Waals surface area contributed by atoms with Crippen LogP contribution in [0.2, 0.25) is 0 Å². The van der Waals surface area contributed by atoms with Gasteiger partial charge in [-0.15, -0.1) is 11.3 Å². The lowest BCUT2D eigenvalue weighted by Crippen LogP contribution is -2.34. The molecule has 9 nitrogen and oxygen atoms in total. The lowest BCUT2D eigenvalue weighted by molar-refractivity contribution is -0.145. The van der Waals surface area contributed by atoms with Crippen LogP contribution >= 0.6 is 11.3 Å². The Hall–Kier alpha value is -3.84. The van der Waals surface area contributed by atoms with Crippen LogP contribution in [0, 0.1) is 11.3 Å². The summed E-state index contributed by atoms with van der Waals surface area (Å²) in [6, 6.07) is 5.60. The molecule has 0 fully saturated rings. The van der Waals surface area contributed by atoms with Gasteiger partial charge >= 0.3 is 11.9 Å². The molecule has 184 valence electrons. The fraction of sp³-hybridized carbons (Fsp3) is 0.360. The Morgan fingerprint density at radius 1 is 1.23 bits per heavy atom. The summed E-state index contributed by atoms with van der Waals surface area (Å²) < 4.78 is 12.2. The molecule has 3 rings (SSSR count). The molecule has 0 amide bonds. The first-order valence-electron chi connectivity index (χ1n) is 11.1. The van der Waals surface area contributed by atoms with E-state index in [1.165, 1.54) is 29.8 Å². The molecule has 2 aromatic rings. The van der Waals surface area contributed by atoms with E-state index in [2.05, 4.69) is 0 Å². The van der Waals surface area contributed by atoms with Gasteiger partial charge in [0.25, 0.3) is 0 Å². The number of thiophene rings is 1. The van der Waals surface area contributed by atoms with Gasteiger partial charge in [-0.1, -0.05) is 6.07 Å². The van der Waals surface area contributed by atoms with Crippen LogP contribution < -0.4 is 5.73 Å². The van der Waals surface area contributed by atoms with Gasteiger partial charge in [0.05, 0.1) is 24.4 Å². The molecule has 0 bridgehead atoms. The lowest BCUT2D eigenvalue weighted by atomic mass is 9.76. The van der Waals surface area contributed by atoms with Gasteiger partial charge in [0, 0.05) is 27.7 Å². The van der Waals surface area contributed by atoms with Crippen LogP contribution in [-0.2, 0) is 23.9 Å². The number of aliphatic hydroxyl groups is 1. The number of nitriles is 1. The van der Waals surface area contributed by atoms with Gasteiger partial charge in [-0.3, -0.25) is 9.59 Å². The quantitative estimate of drug-likeness (QED) is 0.330. The zero-order chi connectivity index (χ0) is 26.0. The van der Waals surface area contributed by atoms with Gasteiger partial charge in [-0.25, -0.2) is 4.79 Å². The van der Waals surface area contributed by atoms with E-state index < -0.39 is 29.6 Å². The van der Waals surface area contributed by atoms with Crippen molar-refractivity contribution in [3.8, 4) is 6.07 Å². The molecule has 0 spiro atoms. The first kappa shape index (κ1) is 25.8. The molecule has 1 aliphatic rings. The molecule has 2 atom stereocenters. The highest BCUT2D eigenvalue weighted by molar-refractivity contribution is 7.10. The molecule has 0 aromatic carbocycles. The number of nitrogen functional groups attached to an aromatic ring is 1. The van der Waals surface area contributed by atoms with Crippen molar-refractivity contribution >= 4 is 46.1 Å². The van der Waals surface area contributed by atoms with E-state index in [1.54, 1.807) is 32.9 Å². The summed E-state index contributed by atoms with van der Waals surface area (Å²) in [7, 11) is 0. The van der Waals surface area contributed by atoms with Crippen molar-refractivity contribution in [3.63, 3.8) is 0 Å². The number of nitrogens with two attached hydrogens (primary N) is 1. The van der Waals surface area contributed by atoms with E-state index >= 15 is 0 Å². The molecular weight excluding hydrogens is 470 g/mol. The van der Waals surface area contributed by atoms with Crippen molar-refractivity contribution < 1.29 is 29.0 Å². The summed E-state index contributed by atoms with van der Waals surface area (Å²) >= 11 is 1.34. The number of carbonyl (C=O) groups is 3. The van der Waals surface area contributed by atoms with Crippen LogP contribution in [-0.4, -0.2) is 40.6 Å². The Bertz CT molecular complexity index is 1290. The first-order valence-corrected chi connectivity index (χ1v) is 11.9. The maximum Gasteiger partial charge on any atom is 0.336 e.